The van der Waals surface area contributed by atoms with Crippen LogP contribution in [-0.2, 0) is 11.3 Å². The first-order chi connectivity index (χ1) is 16.5. The molecule has 3 atom stereocenters. The zero-order valence-corrected chi connectivity index (χ0v) is 18.9. The summed E-state index contributed by atoms with van der Waals surface area (Å²) in [6, 6.07) is 0.892. The van der Waals surface area contributed by atoms with Crippen LogP contribution in [0.4, 0.5) is 17.6 Å². The molecule has 188 valence electrons. The number of amides is 2. The molecule has 0 radical (unpaired) electrons. The van der Waals surface area contributed by atoms with E-state index in [9.17, 15) is 37.1 Å². The number of ether oxygens (including phenoxy) is 1. The number of nitrogens with zero attached hydrogens (tertiary/aromatic N) is 2. The molecule has 1 fully saturated rings. The van der Waals surface area contributed by atoms with Gasteiger partial charge < -0.3 is 24.6 Å². The number of carbonyl (C=O) groups excluding carboxylic acids is 2. The Bertz CT molecular complexity index is 1230. The normalized spacial score (nSPS) is 21.6. The topological polar surface area (TPSA) is 101 Å². The monoisotopic (exact) mass is 497 g/mol. The zero-order chi connectivity index (χ0) is 25.6. The first kappa shape index (κ1) is 24.7. The largest absolute Gasteiger partial charge is 0.503 e. The van der Waals surface area contributed by atoms with Gasteiger partial charge in [-0.1, -0.05) is 0 Å². The molecule has 2 amide bonds. The van der Waals surface area contributed by atoms with Crippen molar-refractivity contribution in [1.82, 2.24) is 14.8 Å². The van der Waals surface area contributed by atoms with E-state index >= 15 is 0 Å². The summed E-state index contributed by atoms with van der Waals surface area (Å²) >= 11 is 0. The van der Waals surface area contributed by atoms with E-state index in [1.54, 1.807) is 6.92 Å². The van der Waals surface area contributed by atoms with E-state index in [0.717, 1.165) is 22.9 Å². The average molecular weight is 497 g/mol. The van der Waals surface area contributed by atoms with Crippen LogP contribution in [0.15, 0.2) is 23.1 Å². The highest BCUT2D eigenvalue weighted by Gasteiger charge is 2.43. The van der Waals surface area contributed by atoms with Gasteiger partial charge in [-0.2, -0.15) is 8.78 Å². The molecule has 3 heterocycles. The second kappa shape index (κ2) is 9.33. The summed E-state index contributed by atoms with van der Waals surface area (Å²) in [5.74, 6) is -4.55. The summed E-state index contributed by atoms with van der Waals surface area (Å²) in [5, 5.41) is 12.8. The lowest BCUT2D eigenvalue weighted by Gasteiger charge is -2.38. The van der Waals surface area contributed by atoms with Crippen LogP contribution in [-0.4, -0.2) is 51.7 Å². The summed E-state index contributed by atoms with van der Waals surface area (Å²) in [6.45, 7) is -0.516. The van der Waals surface area contributed by atoms with E-state index in [1.165, 1.54) is 11.8 Å². The number of pyridine rings is 1. The first-order valence-corrected chi connectivity index (χ1v) is 10.9. The SMILES string of the molecule is Cc1cc(F)c(CNC(=O)c2cn3c(c(O)c2=O)C(=O)N2C[C@@H]3[C@@H](OC(F)F)CC[C@@H]2C)c(F)c1. The van der Waals surface area contributed by atoms with Crippen LogP contribution in [0.5, 0.6) is 5.75 Å². The number of hydrogen-bond donors (Lipinski definition) is 2. The van der Waals surface area contributed by atoms with Crippen molar-refractivity contribution < 1.29 is 37.0 Å². The second-order valence-electron chi connectivity index (χ2n) is 8.75. The van der Waals surface area contributed by atoms with Gasteiger partial charge in [0, 0.05) is 30.9 Å². The molecule has 0 spiro atoms. The summed E-state index contributed by atoms with van der Waals surface area (Å²) < 4.78 is 60.3. The van der Waals surface area contributed by atoms with Crippen LogP contribution in [0.3, 0.4) is 0 Å². The number of nitrogens with one attached hydrogen (secondary N) is 1. The van der Waals surface area contributed by atoms with Gasteiger partial charge in [-0.15, -0.1) is 0 Å². The van der Waals surface area contributed by atoms with Crippen LogP contribution in [0, 0.1) is 18.6 Å². The molecule has 0 saturated carbocycles. The smallest absolute Gasteiger partial charge is 0.345 e. The Hall–Kier alpha value is -3.41. The summed E-state index contributed by atoms with van der Waals surface area (Å²) in [7, 11) is 0. The predicted octanol–water partition coefficient (Wildman–Crippen LogP) is 2.86. The van der Waals surface area contributed by atoms with E-state index in [2.05, 4.69) is 5.32 Å². The van der Waals surface area contributed by atoms with Crippen molar-refractivity contribution in [1.29, 1.82) is 0 Å². The van der Waals surface area contributed by atoms with Crippen molar-refractivity contribution in [2.45, 2.75) is 58.0 Å². The maximum atomic E-state index is 14.1. The summed E-state index contributed by atoms with van der Waals surface area (Å²) in [6.07, 6.45) is 0.439. The summed E-state index contributed by atoms with van der Waals surface area (Å²) in [4.78, 5) is 39.9. The van der Waals surface area contributed by atoms with E-state index in [4.69, 9.17) is 4.74 Å². The number of benzene rings is 1. The van der Waals surface area contributed by atoms with Crippen molar-refractivity contribution in [3.8, 4) is 5.75 Å². The zero-order valence-electron chi connectivity index (χ0n) is 18.9. The Kier molecular flexibility index (Phi) is 6.58. The molecule has 0 unspecified atom stereocenters. The minimum Gasteiger partial charge on any atom is -0.503 e. The van der Waals surface area contributed by atoms with E-state index in [1.807, 2.05) is 0 Å². The first-order valence-electron chi connectivity index (χ1n) is 10.9. The molecule has 0 aliphatic carbocycles. The minimum absolute atomic E-state index is 0.0342. The lowest BCUT2D eigenvalue weighted by Crippen LogP contribution is -2.49. The molecule has 4 rings (SSSR count). The van der Waals surface area contributed by atoms with Crippen molar-refractivity contribution in [2.75, 3.05) is 6.54 Å². The minimum atomic E-state index is -3.10. The number of fused-ring (bicyclic) bond motifs is 4. The number of alkyl halides is 2. The Morgan fingerprint density at radius 1 is 1.23 bits per heavy atom. The van der Waals surface area contributed by atoms with Gasteiger partial charge in [0.05, 0.1) is 12.1 Å². The fraction of sp³-hybridized carbons (Fsp3) is 0.435. The lowest BCUT2D eigenvalue weighted by molar-refractivity contribution is -0.175. The second-order valence-corrected chi connectivity index (χ2v) is 8.75. The van der Waals surface area contributed by atoms with Gasteiger partial charge >= 0.3 is 6.61 Å². The van der Waals surface area contributed by atoms with Crippen LogP contribution < -0.4 is 10.7 Å². The Balaban J connectivity index is 1.72. The Morgan fingerprint density at radius 3 is 2.51 bits per heavy atom. The van der Waals surface area contributed by atoms with Crippen LogP contribution in [0.2, 0.25) is 0 Å². The van der Waals surface area contributed by atoms with Gasteiger partial charge in [0.25, 0.3) is 11.8 Å². The fourth-order valence-corrected chi connectivity index (χ4v) is 4.65. The maximum absolute atomic E-state index is 14.1. The molecule has 2 aliphatic heterocycles. The van der Waals surface area contributed by atoms with Gasteiger partial charge in [0.15, 0.2) is 11.4 Å². The molecular formula is C23H23F4N3O5. The molecule has 1 saturated heterocycles. The van der Waals surface area contributed by atoms with E-state index < -0.39 is 76.8 Å². The summed E-state index contributed by atoms with van der Waals surface area (Å²) in [5.41, 5.74) is -2.32. The van der Waals surface area contributed by atoms with Crippen molar-refractivity contribution >= 4 is 11.8 Å². The number of halogens is 4. The van der Waals surface area contributed by atoms with Gasteiger partial charge in [0.1, 0.15) is 17.2 Å². The number of carbonyl (C=O) groups is 2. The molecule has 35 heavy (non-hydrogen) atoms. The third kappa shape index (κ3) is 4.49. The van der Waals surface area contributed by atoms with E-state index in [-0.39, 0.29) is 19.0 Å². The van der Waals surface area contributed by atoms with Crippen LogP contribution >= 0.6 is 0 Å². The number of aromatic hydroxyl groups is 1. The highest BCUT2D eigenvalue weighted by molar-refractivity contribution is 5.99. The molecule has 2 aliphatic rings. The van der Waals surface area contributed by atoms with Crippen LogP contribution in [0.25, 0.3) is 0 Å². The molecule has 12 heteroatoms. The van der Waals surface area contributed by atoms with Crippen molar-refractivity contribution in [2.24, 2.45) is 0 Å². The molecular weight excluding hydrogens is 474 g/mol. The molecule has 8 nitrogen and oxygen atoms in total. The highest BCUT2D eigenvalue weighted by Crippen LogP contribution is 2.36. The molecule has 2 N–H and O–H groups in total. The Labute approximate surface area is 197 Å². The van der Waals surface area contributed by atoms with Gasteiger partial charge in [-0.25, -0.2) is 8.78 Å². The van der Waals surface area contributed by atoms with E-state index in [0.29, 0.717) is 12.0 Å². The highest BCUT2D eigenvalue weighted by atomic mass is 19.3. The Morgan fingerprint density at radius 2 is 1.89 bits per heavy atom. The van der Waals surface area contributed by atoms with Crippen LogP contribution in [0.1, 0.15) is 57.8 Å². The average Bonchev–Trinajstić information content (AvgIpc) is 2.91. The van der Waals surface area contributed by atoms with Gasteiger partial charge in [0.2, 0.25) is 5.43 Å². The molecule has 1 aromatic heterocycles. The number of hydrogen-bond acceptors (Lipinski definition) is 5. The molecule has 2 aromatic rings. The fourth-order valence-electron chi connectivity index (χ4n) is 4.65. The lowest BCUT2D eigenvalue weighted by atomic mass is 10.0. The standard InChI is InChI=1S/C23H23F4N3O5/c1-10-5-14(24)12(15(25)6-10)7-28-21(33)13-8-30-16-9-29(22(34)18(30)20(32)19(13)31)11(2)3-4-17(16)35-23(26)27/h5-6,8,11,16-17,23,32H,3-4,7,9H2,1-2H3,(H,28,33)/t11-,16+,17-/m0/s1. The number of rotatable bonds is 5. The molecule has 2 bridgehead atoms. The van der Waals surface area contributed by atoms with Crippen molar-refractivity contribution in [3.63, 3.8) is 0 Å². The maximum Gasteiger partial charge on any atom is 0.345 e. The van der Waals surface area contributed by atoms with Gasteiger partial charge in [-0.3, -0.25) is 14.4 Å². The third-order valence-electron chi connectivity index (χ3n) is 6.48. The molecule has 1 aromatic carbocycles. The van der Waals surface area contributed by atoms with Gasteiger partial charge in [-0.05, 0) is 44.4 Å². The predicted molar refractivity (Wildman–Crippen MR) is 114 cm³/mol. The number of aryl methyl sites for hydroxylation is 1. The quantitative estimate of drug-likeness (QED) is 0.619. The third-order valence-corrected chi connectivity index (χ3v) is 6.48. The van der Waals surface area contributed by atoms with Crippen molar-refractivity contribution in [3.05, 3.63) is 62.6 Å². The number of aromatic nitrogens is 1.